The van der Waals surface area contributed by atoms with Gasteiger partial charge < -0.3 is 4.42 Å². The molecule has 0 aliphatic rings. The van der Waals surface area contributed by atoms with Crippen LogP contribution in [0.3, 0.4) is 0 Å². The minimum atomic E-state index is 0.544. The van der Waals surface area contributed by atoms with Crippen LogP contribution in [0.4, 0.5) is 0 Å². The van der Waals surface area contributed by atoms with Crippen molar-refractivity contribution in [1.29, 1.82) is 0 Å². The molecular weight excluding hydrogens is 244 g/mol. The molecule has 0 amide bonds. The van der Waals surface area contributed by atoms with Gasteiger partial charge in [-0.15, -0.1) is 10.2 Å². The van der Waals surface area contributed by atoms with Gasteiger partial charge in [0.2, 0.25) is 5.89 Å². The second-order valence-corrected chi connectivity index (χ2v) is 5.09. The highest BCUT2D eigenvalue weighted by Gasteiger charge is 2.10. The average Bonchev–Trinajstić information content (AvgIpc) is 2.89. The minimum absolute atomic E-state index is 0.544. The van der Waals surface area contributed by atoms with Gasteiger partial charge in [-0.25, -0.2) is 4.98 Å². The predicted octanol–water partition coefficient (Wildman–Crippen LogP) is 2.59. The molecule has 0 N–H and O–H groups in total. The van der Waals surface area contributed by atoms with Gasteiger partial charge in [-0.2, -0.15) is 4.37 Å². The fourth-order valence-electron chi connectivity index (χ4n) is 1.09. The molecular formula is C9H12N4OS2. The lowest BCUT2D eigenvalue weighted by Crippen LogP contribution is -1.81. The van der Waals surface area contributed by atoms with E-state index in [9.17, 15) is 0 Å². The Kier molecular flexibility index (Phi) is 3.89. The summed E-state index contributed by atoms with van der Waals surface area (Å²) >= 11 is 2.74. The smallest absolute Gasteiger partial charge is 0.283 e. The predicted molar refractivity (Wildman–Crippen MR) is 61.7 cm³/mol. The van der Waals surface area contributed by atoms with Crippen LogP contribution < -0.4 is 0 Å². The van der Waals surface area contributed by atoms with Crippen molar-refractivity contribution in [2.45, 2.75) is 42.7 Å². The van der Waals surface area contributed by atoms with Gasteiger partial charge in [-0.3, -0.25) is 0 Å². The maximum atomic E-state index is 5.45. The van der Waals surface area contributed by atoms with Crippen LogP contribution in [-0.4, -0.2) is 19.6 Å². The summed E-state index contributed by atoms with van der Waals surface area (Å²) < 4.78 is 10.5. The lowest BCUT2D eigenvalue weighted by atomic mass is 10.3. The molecule has 0 radical (unpaired) electrons. The SMILES string of the molecule is CCCc1nnc(Sc2nc(CC)ns2)o1. The summed E-state index contributed by atoms with van der Waals surface area (Å²) in [5, 5.41) is 8.44. The molecule has 2 aromatic heterocycles. The first-order valence-electron chi connectivity index (χ1n) is 5.14. The largest absolute Gasteiger partial charge is 0.416 e. The van der Waals surface area contributed by atoms with Crippen molar-refractivity contribution in [2.75, 3.05) is 0 Å². The van der Waals surface area contributed by atoms with Crippen molar-refractivity contribution in [3.63, 3.8) is 0 Å². The van der Waals surface area contributed by atoms with E-state index in [0.29, 0.717) is 11.1 Å². The third kappa shape index (κ3) is 2.79. The zero-order chi connectivity index (χ0) is 11.4. The summed E-state index contributed by atoms with van der Waals surface area (Å²) in [6, 6.07) is 0. The molecule has 0 atom stereocenters. The van der Waals surface area contributed by atoms with Crippen molar-refractivity contribution in [2.24, 2.45) is 0 Å². The van der Waals surface area contributed by atoms with E-state index in [1.165, 1.54) is 23.3 Å². The fraction of sp³-hybridized carbons (Fsp3) is 0.556. The average molecular weight is 256 g/mol. The van der Waals surface area contributed by atoms with Gasteiger partial charge in [0, 0.05) is 24.6 Å². The van der Waals surface area contributed by atoms with Gasteiger partial charge in [0.25, 0.3) is 5.22 Å². The molecule has 0 unspecified atom stereocenters. The van der Waals surface area contributed by atoms with Crippen LogP contribution in [0.2, 0.25) is 0 Å². The summed E-state index contributed by atoms with van der Waals surface area (Å²) in [4.78, 5) is 4.32. The first-order valence-corrected chi connectivity index (χ1v) is 6.73. The molecule has 0 aromatic carbocycles. The number of aryl methyl sites for hydroxylation is 2. The number of rotatable bonds is 5. The van der Waals surface area contributed by atoms with E-state index in [0.717, 1.165) is 29.4 Å². The molecule has 0 aliphatic carbocycles. The first-order chi connectivity index (χ1) is 7.81. The Balaban J connectivity index is 2.02. The molecule has 5 nitrogen and oxygen atoms in total. The fourth-order valence-corrected chi connectivity index (χ4v) is 2.59. The third-order valence-corrected chi connectivity index (χ3v) is 3.48. The monoisotopic (exact) mass is 256 g/mol. The molecule has 2 heterocycles. The summed E-state index contributed by atoms with van der Waals surface area (Å²) in [5.41, 5.74) is 0. The molecule has 86 valence electrons. The third-order valence-electron chi connectivity index (χ3n) is 1.85. The zero-order valence-electron chi connectivity index (χ0n) is 9.13. The van der Waals surface area contributed by atoms with Gasteiger partial charge in [0.1, 0.15) is 5.82 Å². The van der Waals surface area contributed by atoms with Crippen LogP contribution in [0.15, 0.2) is 14.0 Å². The topological polar surface area (TPSA) is 64.7 Å². The summed E-state index contributed by atoms with van der Waals surface area (Å²) in [6.07, 6.45) is 2.68. The van der Waals surface area contributed by atoms with E-state index >= 15 is 0 Å². The highest BCUT2D eigenvalue weighted by molar-refractivity contribution is 8.00. The van der Waals surface area contributed by atoms with Gasteiger partial charge in [-0.1, -0.05) is 13.8 Å². The van der Waals surface area contributed by atoms with Crippen molar-refractivity contribution in [1.82, 2.24) is 19.6 Å². The maximum Gasteiger partial charge on any atom is 0.283 e. The van der Waals surface area contributed by atoms with Gasteiger partial charge >= 0.3 is 0 Å². The van der Waals surface area contributed by atoms with E-state index in [2.05, 4.69) is 26.5 Å². The quantitative estimate of drug-likeness (QED) is 0.819. The Labute approximate surface area is 102 Å². The van der Waals surface area contributed by atoms with Crippen molar-refractivity contribution in [3.05, 3.63) is 11.7 Å². The van der Waals surface area contributed by atoms with E-state index in [1.807, 2.05) is 6.92 Å². The molecule has 0 spiro atoms. The van der Waals surface area contributed by atoms with Crippen LogP contribution in [-0.2, 0) is 12.8 Å². The van der Waals surface area contributed by atoms with Crippen LogP contribution in [0.1, 0.15) is 32.0 Å². The summed E-state index contributed by atoms with van der Waals surface area (Å²) in [6.45, 7) is 4.11. The molecule has 2 rings (SSSR count). The van der Waals surface area contributed by atoms with Gasteiger partial charge in [-0.05, 0) is 18.0 Å². The minimum Gasteiger partial charge on any atom is -0.416 e. The van der Waals surface area contributed by atoms with Crippen LogP contribution >= 0.6 is 23.3 Å². The number of aromatic nitrogens is 4. The van der Waals surface area contributed by atoms with Crippen molar-refractivity contribution < 1.29 is 4.42 Å². The molecule has 16 heavy (non-hydrogen) atoms. The van der Waals surface area contributed by atoms with Gasteiger partial charge in [0.05, 0.1) is 0 Å². The lowest BCUT2D eigenvalue weighted by Gasteiger charge is -1.88. The van der Waals surface area contributed by atoms with E-state index in [-0.39, 0.29) is 0 Å². The Morgan fingerprint density at radius 1 is 1.31 bits per heavy atom. The Bertz CT molecular complexity index is 454. The van der Waals surface area contributed by atoms with Crippen LogP contribution in [0.5, 0.6) is 0 Å². The highest BCUT2D eigenvalue weighted by Crippen LogP contribution is 2.27. The number of nitrogens with zero attached hydrogens (tertiary/aromatic N) is 4. The van der Waals surface area contributed by atoms with Crippen LogP contribution in [0, 0.1) is 0 Å². The second-order valence-electron chi connectivity index (χ2n) is 3.14. The number of hydrogen-bond acceptors (Lipinski definition) is 7. The highest BCUT2D eigenvalue weighted by atomic mass is 32.2. The molecule has 0 bridgehead atoms. The van der Waals surface area contributed by atoms with Crippen LogP contribution in [0.25, 0.3) is 0 Å². The lowest BCUT2D eigenvalue weighted by molar-refractivity contribution is 0.411. The first kappa shape index (κ1) is 11.5. The molecule has 0 saturated carbocycles. The normalized spacial score (nSPS) is 10.9. The van der Waals surface area contributed by atoms with Crippen molar-refractivity contribution in [3.8, 4) is 0 Å². The van der Waals surface area contributed by atoms with Crippen molar-refractivity contribution >= 4 is 23.3 Å². The van der Waals surface area contributed by atoms with E-state index in [4.69, 9.17) is 4.42 Å². The molecule has 0 aliphatic heterocycles. The Hall–Kier alpha value is -0.950. The van der Waals surface area contributed by atoms with E-state index < -0.39 is 0 Å². The zero-order valence-corrected chi connectivity index (χ0v) is 10.8. The summed E-state index contributed by atoms with van der Waals surface area (Å²) in [7, 11) is 0. The molecule has 2 aromatic rings. The van der Waals surface area contributed by atoms with Gasteiger partial charge in [0.15, 0.2) is 4.34 Å². The Morgan fingerprint density at radius 3 is 2.88 bits per heavy atom. The Morgan fingerprint density at radius 2 is 2.19 bits per heavy atom. The summed E-state index contributed by atoms with van der Waals surface area (Å²) in [5.74, 6) is 1.55. The number of hydrogen-bond donors (Lipinski definition) is 0. The molecule has 0 saturated heterocycles. The molecule has 7 heteroatoms. The molecule has 0 fully saturated rings. The maximum absolute atomic E-state index is 5.45. The standard InChI is InChI=1S/C9H12N4OS2/c1-3-5-7-11-12-8(14-7)15-9-10-6(4-2)13-16-9/h3-5H2,1-2H3. The second kappa shape index (κ2) is 5.40. The van der Waals surface area contributed by atoms with E-state index in [1.54, 1.807) is 0 Å².